The fourth-order valence-corrected chi connectivity index (χ4v) is 4.62. The molecule has 7 nitrogen and oxygen atoms in total. The van der Waals surface area contributed by atoms with Gasteiger partial charge < -0.3 is 14.3 Å². The second-order valence-electron chi connectivity index (χ2n) is 9.12. The molecule has 0 unspecified atom stereocenters. The summed E-state index contributed by atoms with van der Waals surface area (Å²) in [5, 5.41) is 4.50. The molecule has 1 aliphatic rings. The van der Waals surface area contributed by atoms with Gasteiger partial charge in [-0.3, -0.25) is 4.79 Å². The SMILES string of the molecule is CCCc1nc(N2CCCN(C(=O)c3ccccc3F)CC2)c2c(-c3cccc(C(F)(F)F)c3)noc2n1. The van der Waals surface area contributed by atoms with Gasteiger partial charge in [0, 0.05) is 38.2 Å². The zero-order chi connectivity index (χ0) is 26.9. The summed E-state index contributed by atoms with van der Waals surface area (Å²) >= 11 is 0. The molecule has 11 heteroatoms. The van der Waals surface area contributed by atoms with Gasteiger partial charge in [0.25, 0.3) is 11.6 Å². The molecule has 1 amide bonds. The summed E-state index contributed by atoms with van der Waals surface area (Å²) in [5.74, 6) is 0.0622. The summed E-state index contributed by atoms with van der Waals surface area (Å²) in [4.78, 5) is 25.8. The van der Waals surface area contributed by atoms with E-state index in [1.165, 1.54) is 30.3 Å². The number of rotatable bonds is 5. The number of nitrogens with zero attached hydrogens (tertiary/aromatic N) is 5. The smallest absolute Gasteiger partial charge is 0.354 e. The molecule has 38 heavy (non-hydrogen) atoms. The van der Waals surface area contributed by atoms with Crippen LogP contribution < -0.4 is 4.90 Å². The minimum Gasteiger partial charge on any atom is -0.354 e. The third kappa shape index (κ3) is 5.05. The van der Waals surface area contributed by atoms with Gasteiger partial charge in [-0.2, -0.15) is 18.2 Å². The molecule has 0 bridgehead atoms. The van der Waals surface area contributed by atoms with Crippen LogP contribution >= 0.6 is 0 Å². The van der Waals surface area contributed by atoms with Crippen LogP contribution in [0.15, 0.2) is 53.1 Å². The summed E-state index contributed by atoms with van der Waals surface area (Å²) in [7, 11) is 0. The number of benzene rings is 2. The first-order valence-corrected chi connectivity index (χ1v) is 12.4. The first-order chi connectivity index (χ1) is 18.3. The average Bonchev–Trinajstić information content (AvgIpc) is 3.17. The third-order valence-electron chi connectivity index (χ3n) is 6.49. The van der Waals surface area contributed by atoms with Crippen molar-refractivity contribution in [3.8, 4) is 11.3 Å². The monoisotopic (exact) mass is 527 g/mol. The second-order valence-corrected chi connectivity index (χ2v) is 9.12. The zero-order valence-corrected chi connectivity index (χ0v) is 20.6. The fraction of sp³-hybridized carbons (Fsp3) is 0.333. The Kier molecular flexibility index (Phi) is 7.00. The highest BCUT2D eigenvalue weighted by Gasteiger charge is 2.32. The molecule has 4 aromatic rings. The standard InChI is InChI=1S/C27H25F4N5O2/c1-2-7-21-32-24(35-12-6-13-36(15-14-35)26(37)19-10-3-4-11-20(19)28)22-23(34-38-25(22)33-21)17-8-5-9-18(16-17)27(29,30)31/h3-5,8-11,16H,2,6-7,12-15H2,1H3. The van der Waals surface area contributed by atoms with Crippen molar-refractivity contribution in [2.45, 2.75) is 32.4 Å². The van der Waals surface area contributed by atoms with Gasteiger partial charge in [0.05, 0.1) is 11.1 Å². The first kappa shape index (κ1) is 25.6. The molecule has 0 saturated carbocycles. The number of carbonyl (C=O) groups excluding carboxylic acids is 1. The van der Waals surface area contributed by atoms with Crippen molar-refractivity contribution < 1.29 is 26.9 Å². The maximum absolute atomic E-state index is 14.2. The largest absolute Gasteiger partial charge is 0.416 e. The molecule has 5 rings (SSSR count). The normalized spacial score (nSPS) is 14.7. The Hall–Kier alpha value is -4.02. The Balaban J connectivity index is 1.52. The molecular formula is C27H25F4N5O2. The number of hydrogen-bond acceptors (Lipinski definition) is 6. The van der Waals surface area contributed by atoms with Gasteiger partial charge in [-0.15, -0.1) is 0 Å². The molecule has 198 valence electrons. The summed E-state index contributed by atoms with van der Waals surface area (Å²) in [6.45, 7) is 3.62. The van der Waals surface area contributed by atoms with E-state index in [0.29, 0.717) is 56.0 Å². The molecule has 1 saturated heterocycles. The molecule has 0 radical (unpaired) electrons. The van der Waals surface area contributed by atoms with Gasteiger partial charge >= 0.3 is 6.18 Å². The summed E-state index contributed by atoms with van der Waals surface area (Å²) in [6.07, 6.45) is -2.57. The van der Waals surface area contributed by atoms with Gasteiger partial charge in [-0.1, -0.05) is 36.3 Å². The number of halogens is 4. The van der Waals surface area contributed by atoms with E-state index in [9.17, 15) is 22.4 Å². The fourth-order valence-electron chi connectivity index (χ4n) is 4.62. The molecule has 1 fully saturated rings. The maximum Gasteiger partial charge on any atom is 0.416 e. The minimum atomic E-state index is -4.51. The highest BCUT2D eigenvalue weighted by Crippen LogP contribution is 2.37. The predicted octanol–water partition coefficient (Wildman–Crippen LogP) is 5.75. The molecular weight excluding hydrogens is 502 g/mol. The molecule has 2 aromatic carbocycles. The molecule has 0 aliphatic carbocycles. The van der Waals surface area contributed by atoms with Gasteiger partial charge in [0.1, 0.15) is 28.5 Å². The number of anilines is 1. The molecule has 1 aliphatic heterocycles. The van der Waals surface area contributed by atoms with Crippen LogP contribution in [0.5, 0.6) is 0 Å². The number of carbonyl (C=O) groups is 1. The number of amides is 1. The lowest BCUT2D eigenvalue weighted by atomic mass is 10.1. The van der Waals surface area contributed by atoms with E-state index < -0.39 is 17.6 Å². The topological polar surface area (TPSA) is 75.4 Å². The van der Waals surface area contributed by atoms with Gasteiger partial charge in [-0.25, -0.2) is 9.37 Å². The van der Waals surface area contributed by atoms with Crippen LogP contribution in [0.3, 0.4) is 0 Å². The van der Waals surface area contributed by atoms with Crippen LogP contribution in [0.4, 0.5) is 23.4 Å². The van der Waals surface area contributed by atoms with E-state index in [1.807, 2.05) is 11.8 Å². The summed E-state index contributed by atoms with van der Waals surface area (Å²) in [6, 6.07) is 10.8. The molecule has 0 N–H and O–H groups in total. The van der Waals surface area contributed by atoms with Gasteiger partial charge in [0.15, 0.2) is 0 Å². The van der Waals surface area contributed by atoms with Crippen molar-refractivity contribution in [1.29, 1.82) is 0 Å². The Morgan fingerprint density at radius 3 is 2.61 bits per heavy atom. The van der Waals surface area contributed by atoms with Crippen molar-refractivity contribution in [2.75, 3.05) is 31.1 Å². The van der Waals surface area contributed by atoms with E-state index in [2.05, 4.69) is 10.1 Å². The number of hydrogen-bond donors (Lipinski definition) is 0. The van der Waals surface area contributed by atoms with Crippen LogP contribution in [-0.4, -0.2) is 52.1 Å². The van der Waals surface area contributed by atoms with Crippen molar-refractivity contribution in [2.24, 2.45) is 0 Å². The van der Waals surface area contributed by atoms with Crippen LogP contribution in [0.25, 0.3) is 22.4 Å². The lowest BCUT2D eigenvalue weighted by Crippen LogP contribution is -2.36. The lowest BCUT2D eigenvalue weighted by molar-refractivity contribution is -0.137. The van der Waals surface area contributed by atoms with Crippen LogP contribution in [0, 0.1) is 5.82 Å². The Morgan fingerprint density at radius 2 is 1.84 bits per heavy atom. The van der Waals surface area contributed by atoms with E-state index in [0.717, 1.165) is 18.6 Å². The third-order valence-corrected chi connectivity index (χ3v) is 6.49. The molecule has 2 aromatic heterocycles. The molecule has 0 atom stereocenters. The maximum atomic E-state index is 14.2. The quantitative estimate of drug-likeness (QED) is 0.308. The number of aromatic nitrogens is 3. The van der Waals surface area contributed by atoms with E-state index in [4.69, 9.17) is 9.51 Å². The van der Waals surface area contributed by atoms with Crippen molar-refractivity contribution in [1.82, 2.24) is 20.0 Å². The minimum absolute atomic E-state index is 0.0153. The Labute approximate surface area is 216 Å². The molecule has 3 heterocycles. The van der Waals surface area contributed by atoms with E-state index in [-0.39, 0.29) is 28.4 Å². The number of alkyl halides is 3. The van der Waals surface area contributed by atoms with Crippen molar-refractivity contribution in [3.05, 3.63) is 71.3 Å². The number of fused-ring (bicyclic) bond motifs is 1. The van der Waals surface area contributed by atoms with Crippen LogP contribution in [0.1, 0.15) is 41.5 Å². The van der Waals surface area contributed by atoms with Gasteiger partial charge in [-0.05, 0) is 37.1 Å². The van der Waals surface area contributed by atoms with Crippen molar-refractivity contribution >= 4 is 22.8 Å². The van der Waals surface area contributed by atoms with Crippen LogP contribution in [-0.2, 0) is 12.6 Å². The average molecular weight is 528 g/mol. The van der Waals surface area contributed by atoms with Crippen LogP contribution in [0.2, 0.25) is 0 Å². The summed E-state index contributed by atoms with van der Waals surface area (Å²) < 4.78 is 59.9. The predicted molar refractivity (Wildman–Crippen MR) is 133 cm³/mol. The lowest BCUT2D eigenvalue weighted by Gasteiger charge is -2.24. The number of aryl methyl sites for hydroxylation is 1. The second kappa shape index (κ2) is 10.4. The summed E-state index contributed by atoms with van der Waals surface area (Å²) in [5.41, 5.74) is -0.144. The first-order valence-electron chi connectivity index (χ1n) is 12.4. The van der Waals surface area contributed by atoms with E-state index in [1.54, 1.807) is 11.0 Å². The van der Waals surface area contributed by atoms with E-state index >= 15 is 0 Å². The zero-order valence-electron chi connectivity index (χ0n) is 20.6. The highest BCUT2D eigenvalue weighted by molar-refractivity contribution is 5.98. The highest BCUT2D eigenvalue weighted by atomic mass is 19.4. The van der Waals surface area contributed by atoms with Gasteiger partial charge in [0.2, 0.25) is 0 Å². The van der Waals surface area contributed by atoms with Crippen molar-refractivity contribution in [3.63, 3.8) is 0 Å². The Bertz CT molecular complexity index is 1470. The molecule has 0 spiro atoms. The Morgan fingerprint density at radius 1 is 1.03 bits per heavy atom.